The number of nitrogens with one attached hydrogen (secondary N) is 1. The van der Waals surface area contributed by atoms with Gasteiger partial charge in [0.05, 0.1) is 10.6 Å². The highest BCUT2D eigenvalue weighted by atomic mass is 16.6. The molecule has 0 aliphatic carbocycles. The van der Waals surface area contributed by atoms with Gasteiger partial charge >= 0.3 is 0 Å². The fourth-order valence-corrected chi connectivity index (χ4v) is 2.48. The van der Waals surface area contributed by atoms with Crippen molar-refractivity contribution in [2.75, 3.05) is 0 Å². The number of H-pyrrole nitrogens is 1. The number of nitro benzene ring substituents is 1. The summed E-state index contributed by atoms with van der Waals surface area (Å²) in [6, 6.07) is 13.0. The highest BCUT2D eigenvalue weighted by Gasteiger charge is 2.10. The van der Waals surface area contributed by atoms with Crippen molar-refractivity contribution in [3.63, 3.8) is 0 Å². The van der Waals surface area contributed by atoms with Crippen LogP contribution in [0.3, 0.4) is 0 Å². The van der Waals surface area contributed by atoms with Gasteiger partial charge in [0, 0.05) is 40.0 Å². The maximum Gasteiger partial charge on any atom is 0.274 e. The largest absolute Gasteiger partial charge is 0.358 e. The van der Waals surface area contributed by atoms with Gasteiger partial charge in [-0.15, -0.1) is 0 Å². The van der Waals surface area contributed by atoms with Crippen molar-refractivity contribution in [1.29, 1.82) is 0 Å². The van der Waals surface area contributed by atoms with Crippen LogP contribution < -0.4 is 0 Å². The Balaban J connectivity index is 2.01. The van der Waals surface area contributed by atoms with Gasteiger partial charge in [-0.2, -0.15) is 0 Å². The lowest BCUT2D eigenvalue weighted by molar-refractivity contribution is -0.385. The highest BCUT2D eigenvalue weighted by molar-refractivity contribution is 6.01. The first-order valence-corrected chi connectivity index (χ1v) is 6.92. The molecule has 110 valence electrons. The van der Waals surface area contributed by atoms with Crippen molar-refractivity contribution in [3.05, 3.63) is 69.4 Å². The zero-order valence-corrected chi connectivity index (χ0v) is 12.3. The van der Waals surface area contributed by atoms with Crippen molar-refractivity contribution in [1.82, 2.24) is 4.98 Å². The summed E-state index contributed by atoms with van der Waals surface area (Å²) < 4.78 is 0. The van der Waals surface area contributed by atoms with Crippen molar-refractivity contribution in [2.45, 2.75) is 13.8 Å². The fourth-order valence-electron chi connectivity index (χ4n) is 2.48. The summed E-state index contributed by atoms with van der Waals surface area (Å²) >= 11 is 0. The predicted octanol–water partition coefficient (Wildman–Crippen LogP) is 4.44. The molecule has 3 rings (SSSR count). The Kier molecular flexibility index (Phi) is 3.47. The minimum atomic E-state index is -0.384. The predicted molar refractivity (Wildman–Crippen MR) is 88.1 cm³/mol. The van der Waals surface area contributed by atoms with E-state index in [0.717, 1.165) is 22.2 Å². The highest BCUT2D eigenvalue weighted by Crippen LogP contribution is 2.25. The molecule has 0 bridgehead atoms. The Morgan fingerprint density at radius 1 is 1.18 bits per heavy atom. The molecule has 0 saturated heterocycles. The molecule has 0 saturated carbocycles. The SMILES string of the molecule is Cc1ccc(N=Cc2c(C)[nH]c3ccccc23)cc1[N+](=O)[O-]. The Bertz CT molecular complexity index is 894. The van der Waals surface area contributed by atoms with Crippen LogP contribution in [0.1, 0.15) is 16.8 Å². The smallest absolute Gasteiger partial charge is 0.274 e. The molecule has 0 aliphatic heterocycles. The second-order valence-corrected chi connectivity index (χ2v) is 5.20. The van der Waals surface area contributed by atoms with Gasteiger partial charge in [-0.25, -0.2) is 0 Å². The van der Waals surface area contributed by atoms with Gasteiger partial charge < -0.3 is 4.98 Å². The Morgan fingerprint density at radius 3 is 2.73 bits per heavy atom. The molecule has 0 spiro atoms. The molecular weight excluding hydrogens is 278 g/mol. The molecule has 0 amide bonds. The normalized spacial score (nSPS) is 11.4. The third-order valence-electron chi connectivity index (χ3n) is 3.68. The first-order chi connectivity index (χ1) is 10.6. The van der Waals surface area contributed by atoms with E-state index in [4.69, 9.17) is 0 Å². The van der Waals surface area contributed by atoms with Crippen molar-refractivity contribution < 1.29 is 4.92 Å². The molecular formula is C17H15N3O2. The Morgan fingerprint density at radius 2 is 1.95 bits per heavy atom. The lowest BCUT2D eigenvalue weighted by Gasteiger charge is -1.99. The van der Waals surface area contributed by atoms with Crippen LogP contribution in [0.25, 0.3) is 10.9 Å². The Hall–Kier alpha value is -2.95. The minimum absolute atomic E-state index is 0.0882. The first-order valence-electron chi connectivity index (χ1n) is 6.92. The average Bonchev–Trinajstić information content (AvgIpc) is 2.81. The van der Waals surface area contributed by atoms with E-state index >= 15 is 0 Å². The van der Waals surface area contributed by atoms with E-state index in [0.29, 0.717) is 11.3 Å². The zero-order valence-electron chi connectivity index (χ0n) is 12.3. The van der Waals surface area contributed by atoms with Gasteiger partial charge in [-0.1, -0.05) is 24.3 Å². The second kappa shape index (κ2) is 5.44. The van der Waals surface area contributed by atoms with Crippen LogP contribution in [-0.2, 0) is 0 Å². The maximum absolute atomic E-state index is 11.0. The van der Waals surface area contributed by atoms with Crippen molar-refractivity contribution in [2.24, 2.45) is 4.99 Å². The van der Waals surface area contributed by atoms with E-state index in [1.807, 2.05) is 31.2 Å². The van der Waals surface area contributed by atoms with Gasteiger partial charge in [0.1, 0.15) is 0 Å². The summed E-state index contributed by atoms with van der Waals surface area (Å²) in [5.74, 6) is 0. The quantitative estimate of drug-likeness (QED) is 0.440. The summed E-state index contributed by atoms with van der Waals surface area (Å²) in [4.78, 5) is 18.3. The third-order valence-corrected chi connectivity index (χ3v) is 3.68. The van der Waals surface area contributed by atoms with Gasteiger partial charge in [0.15, 0.2) is 0 Å². The summed E-state index contributed by atoms with van der Waals surface area (Å²) in [6.45, 7) is 3.70. The second-order valence-electron chi connectivity index (χ2n) is 5.20. The number of aliphatic imine (C=N–C) groups is 1. The van der Waals surface area contributed by atoms with E-state index in [-0.39, 0.29) is 10.6 Å². The number of aromatic nitrogens is 1. The molecule has 0 atom stereocenters. The number of nitro groups is 1. The lowest BCUT2D eigenvalue weighted by atomic mass is 10.1. The van der Waals surface area contributed by atoms with Crippen LogP contribution in [0.2, 0.25) is 0 Å². The van der Waals surface area contributed by atoms with Gasteiger partial charge in [-0.05, 0) is 26.0 Å². The molecule has 5 heteroatoms. The first kappa shape index (κ1) is 14.0. The van der Waals surface area contributed by atoms with Gasteiger partial charge in [-0.3, -0.25) is 15.1 Å². The average molecular weight is 293 g/mol. The topological polar surface area (TPSA) is 71.3 Å². The number of nitrogens with zero attached hydrogens (tertiary/aromatic N) is 2. The molecule has 0 unspecified atom stereocenters. The van der Waals surface area contributed by atoms with Crippen LogP contribution in [0.4, 0.5) is 11.4 Å². The summed E-state index contributed by atoms with van der Waals surface area (Å²) in [5, 5.41) is 12.1. The number of rotatable bonds is 3. The van der Waals surface area contributed by atoms with E-state index < -0.39 is 0 Å². The van der Waals surface area contributed by atoms with E-state index in [2.05, 4.69) is 9.98 Å². The maximum atomic E-state index is 11.0. The molecule has 0 fully saturated rings. The monoisotopic (exact) mass is 293 g/mol. The summed E-state index contributed by atoms with van der Waals surface area (Å²) in [7, 11) is 0. The van der Waals surface area contributed by atoms with Crippen LogP contribution in [0.15, 0.2) is 47.5 Å². The summed E-state index contributed by atoms with van der Waals surface area (Å²) in [5.41, 5.74) is 4.36. The van der Waals surface area contributed by atoms with Gasteiger partial charge in [0.2, 0.25) is 0 Å². The van der Waals surface area contributed by atoms with Crippen LogP contribution in [0.5, 0.6) is 0 Å². The molecule has 1 aromatic heterocycles. The van der Waals surface area contributed by atoms with Crippen LogP contribution in [0, 0.1) is 24.0 Å². The number of para-hydroxylation sites is 1. The standard InChI is InChI=1S/C17H15N3O2/c1-11-7-8-13(9-17(11)20(21)22)18-10-15-12(2)19-16-6-4-3-5-14(15)16/h3-10,19H,1-2H3. The number of aromatic amines is 1. The molecule has 22 heavy (non-hydrogen) atoms. The minimum Gasteiger partial charge on any atom is -0.358 e. The molecule has 2 aromatic carbocycles. The number of hydrogen-bond acceptors (Lipinski definition) is 3. The van der Waals surface area contributed by atoms with E-state index in [1.54, 1.807) is 25.3 Å². The Labute approximate surface area is 127 Å². The molecule has 5 nitrogen and oxygen atoms in total. The lowest BCUT2D eigenvalue weighted by Crippen LogP contribution is -1.90. The third kappa shape index (κ3) is 2.48. The number of hydrogen-bond donors (Lipinski definition) is 1. The summed E-state index contributed by atoms with van der Waals surface area (Å²) in [6.07, 6.45) is 1.75. The van der Waals surface area contributed by atoms with Crippen molar-refractivity contribution >= 4 is 28.5 Å². The molecule has 3 aromatic rings. The van der Waals surface area contributed by atoms with Crippen LogP contribution in [-0.4, -0.2) is 16.1 Å². The number of benzene rings is 2. The number of aryl methyl sites for hydroxylation is 2. The van der Waals surface area contributed by atoms with Gasteiger partial charge in [0.25, 0.3) is 5.69 Å². The van der Waals surface area contributed by atoms with E-state index in [9.17, 15) is 10.1 Å². The molecule has 1 heterocycles. The fraction of sp³-hybridized carbons (Fsp3) is 0.118. The molecule has 0 aliphatic rings. The molecule has 1 N–H and O–H groups in total. The van der Waals surface area contributed by atoms with E-state index in [1.165, 1.54) is 6.07 Å². The molecule has 0 radical (unpaired) electrons. The zero-order chi connectivity index (χ0) is 15.7. The van der Waals surface area contributed by atoms with Crippen LogP contribution >= 0.6 is 0 Å². The number of fused-ring (bicyclic) bond motifs is 1. The van der Waals surface area contributed by atoms with Crippen molar-refractivity contribution in [3.8, 4) is 0 Å².